The number of carbonyl (C=O) groups excluding carboxylic acids is 2. The molecule has 3 rings (SSSR count). The maximum atomic E-state index is 12.9. The quantitative estimate of drug-likeness (QED) is 0.300. The summed E-state index contributed by atoms with van der Waals surface area (Å²) in [5.41, 5.74) is 2.91. The maximum absolute atomic E-state index is 12.9. The summed E-state index contributed by atoms with van der Waals surface area (Å²) >= 11 is 1.51. The molecule has 2 aromatic carbocycles. The van der Waals surface area contributed by atoms with Gasteiger partial charge in [-0.1, -0.05) is 44.2 Å². The Hall–Kier alpha value is -3.39. The van der Waals surface area contributed by atoms with Gasteiger partial charge in [0, 0.05) is 47.9 Å². The Bertz CT molecular complexity index is 1160. The van der Waals surface area contributed by atoms with Gasteiger partial charge in [-0.25, -0.2) is 0 Å². The van der Waals surface area contributed by atoms with E-state index < -0.39 is 6.04 Å². The first-order chi connectivity index (χ1) is 16.7. The second-order valence-electron chi connectivity index (χ2n) is 8.89. The third kappa shape index (κ3) is 6.60. The van der Waals surface area contributed by atoms with Crippen LogP contribution < -0.4 is 10.6 Å². The second-order valence-corrected chi connectivity index (χ2v) is 9.94. The Morgan fingerprint density at radius 1 is 0.943 bits per heavy atom. The van der Waals surface area contributed by atoms with E-state index in [1.54, 1.807) is 7.05 Å². The summed E-state index contributed by atoms with van der Waals surface area (Å²) in [6.45, 7) is 5.56. The number of rotatable bonds is 10. The maximum Gasteiger partial charge on any atom is 0.243 e. The SMILES string of the molecule is CNC(=O)[C@H](Cc1ccccc1)n1c(O)c(CSc2ccc(NC(C)=O)cc2)c(CC(C)C)c1O. The number of thioether (sulfide) groups is 1. The number of amides is 2. The van der Waals surface area contributed by atoms with Crippen LogP contribution in [0.4, 0.5) is 5.69 Å². The van der Waals surface area contributed by atoms with E-state index in [9.17, 15) is 19.8 Å². The number of hydrogen-bond acceptors (Lipinski definition) is 5. The molecule has 4 N–H and O–H groups in total. The fourth-order valence-corrected chi connectivity index (χ4v) is 4.97. The van der Waals surface area contributed by atoms with E-state index in [1.165, 1.54) is 23.3 Å². The predicted octanol–water partition coefficient (Wildman–Crippen LogP) is 4.88. The van der Waals surface area contributed by atoms with Crippen molar-refractivity contribution in [2.24, 2.45) is 5.92 Å². The number of benzene rings is 2. The third-order valence-electron chi connectivity index (χ3n) is 5.66. The summed E-state index contributed by atoms with van der Waals surface area (Å²) in [5.74, 6) is 0.0662. The lowest BCUT2D eigenvalue weighted by Crippen LogP contribution is -2.31. The van der Waals surface area contributed by atoms with Gasteiger partial charge in [-0.3, -0.25) is 14.2 Å². The van der Waals surface area contributed by atoms with Gasteiger partial charge in [0.05, 0.1) is 0 Å². The number of aromatic hydroxyl groups is 2. The molecule has 0 fully saturated rings. The van der Waals surface area contributed by atoms with E-state index in [2.05, 4.69) is 10.6 Å². The molecule has 186 valence electrons. The van der Waals surface area contributed by atoms with E-state index >= 15 is 0 Å². The van der Waals surface area contributed by atoms with Gasteiger partial charge in [0.25, 0.3) is 0 Å². The monoisotopic (exact) mass is 495 g/mol. The van der Waals surface area contributed by atoms with Gasteiger partial charge >= 0.3 is 0 Å². The third-order valence-corrected chi connectivity index (χ3v) is 6.70. The minimum Gasteiger partial charge on any atom is -0.494 e. The molecule has 0 spiro atoms. The lowest BCUT2D eigenvalue weighted by Gasteiger charge is -2.20. The van der Waals surface area contributed by atoms with Crippen molar-refractivity contribution in [2.75, 3.05) is 12.4 Å². The zero-order valence-electron chi connectivity index (χ0n) is 20.5. The molecule has 0 saturated heterocycles. The van der Waals surface area contributed by atoms with Crippen LogP contribution in [-0.2, 0) is 28.2 Å². The highest BCUT2D eigenvalue weighted by Gasteiger charge is 2.31. The number of hydrogen-bond donors (Lipinski definition) is 4. The average molecular weight is 496 g/mol. The Morgan fingerprint density at radius 2 is 1.57 bits per heavy atom. The molecule has 0 radical (unpaired) electrons. The molecule has 0 aliphatic rings. The lowest BCUT2D eigenvalue weighted by molar-refractivity contribution is -0.124. The van der Waals surface area contributed by atoms with Crippen molar-refractivity contribution < 1.29 is 19.8 Å². The Morgan fingerprint density at radius 3 is 2.14 bits per heavy atom. The minimum absolute atomic E-state index is 0.0719. The first kappa shape index (κ1) is 26.2. The standard InChI is InChI=1S/C27H33N3O4S/c1-17(2)14-22-23(16-35-21-12-10-20(11-13-21)29-18(3)31)27(34)30(26(22)33)24(25(32)28-4)15-19-8-6-5-7-9-19/h5-13,17,24,33-34H,14-16H2,1-4H3,(H,28,32)(H,29,31)/t24-/m0/s1. The van der Waals surface area contributed by atoms with Gasteiger partial charge in [0.15, 0.2) is 11.8 Å². The van der Waals surface area contributed by atoms with Crippen molar-refractivity contribution in [3.8, 4) is 11.8 Å². The number of likely N-dealkylation sites (N-methyl/N-ethyl adjacent to an activating group) is 1. The summed E-state index contributed by atoms with van der Waals surface area (Å²) in [6, 6.07) is 16.2. The van der Waals surface area contributed by atoms with Crippen LogP contribution in [0.25, 0.3) is 0 Å². The normalized spacial score (nSPS) is 11.9. The zero-order chi connectivity index (χ0) is 25.5. The van der Waals surface area contributed by atoms with E-state index in [4.69, 9.17) is 0 Å². The number of nitrogens with zero attached hydrogens (tertiary/aromatic N) is 1. The van der Waals surface area contributed by atoms with Crippen molar-refractivity contribution in [3.63, 3.8) is 0 Å². The lowest BCUT2D eigenvalue weighted by atomic mass is 10.0. The molecule has 1 heterocycles. The summed E-state index contributed by atoms with van der Waals surface area (Å²) in [7, 11) is 1.55. The van der Waals surface area contributed by atoms with E-state index in [0.717, 1.165) is 10.5 Å². The van der Waals surface area contributed by atoms with Crippen LogP contribution in [0.3, 0.4) is 0 Å². The van der Waals surface area contributed by atoms with E-state index in [0.29, 0.717) is 35.4 Å². The number of aromatic nitrogens is 1. The Labute approximate surface area is 210 Å². The van der Waals surface area contributed by atoms with Gasteiger partial charge in [-0.15, -0.1) is 11.8 Å². The summed E-state index contributed by atoms with van der Waals surface area (Å²) in [5, 5.41) is 27.9. The van der Waals surface area contributed by atoms with E-state index in [1.807, 2.05) is 68.4 Å². The Balaban J connectivity index is 1.95. The molecule has 0 unspecified atom stereocenters. The van der Waals surface area contributed by atoms with Crippen LogP contribution >= 0.6 is 11.8 Å². The van der Waals surface area contributed by atoms with Crippen LogP contribution in [0.5, 0.6) is 11.8 Å². The summed E-state index contributed by atoms with van der Waals surface area (Å²) in [4.78, 5) is 25.1. The molecule has 0 saturated carbocycles. The second kappa shape index (κ2) is 11.8. The largest absolute Gasteiger partial charge is 0.494 e. The number of anilines is 1. The van der Waals surface area contributed by atoms with Crippen molar-refractivity contribution in [3.05, 3.63) is 71.3 Å². The summed E-state index contributed by atoms with van der Waals surface area (Å²) in [6.07, 6.45) is 0.893. The molecule has 1 aromatic heterocycles. The van der Waals surface area contributed by atoms with Crippen molar-refractivity contribution in [1.82, 2.24) is 9.88 Å². The summed E-state index contributed by atoms with van der Waals surface area (Å²) < 4.78 is 1.36. The highest BCUT2D eigenvalue weighted by atomic mass is 32.2. The molecule has 7 nitrogen and oxygen atoms in total. The first-order valence-electron chi connectivity index (χ1n) is 11.6. The van der Waals surface area contributed by atoms with Crippen LogP contribution in [-0.4, -0.2) is 33.6 Å². The molecule has 0 bridgehead atoms. The highest BCUT2D eigenvalue weighted by Crippen LogP contribution is 2.42. The molecular formula is C27H33N3O4S. The molecule has 3 aromatic rings. The molecule has 8 heteroatoms. The molecular weight excluding hydrogens is 462 g/mol. The average Bonchev–Trinajstić information content (AvgIpc) is 3.05. The van der Waals surface area contributed by atoms with Gasteiger partial charge in [-0.2, -0.15) is 0 Å². The van der Waals surface area contributed by atoms with Crippen molar-refractivity contribution >= 4 is 29.3 Å². The molecule has 0 aliphatic carbocycles. The smallest absolute Gasteiger partial charge is 0.243 e. The fourth-order valence-electron chi connectivity index (χ4n) is 4.03. The Kier molecular flexibility index (Phi) is 8.87. The fraction of sp³-hybridized carbons (Fsp3) is 0.333. The van der Waals surface area contributed by atoms with Crippen molar-refractivity contribution in [2.45, 2.75) is 50.3 Å². The molecule has 0 aliphatic heterocycles. The van der Waals surface area contributed by atoms with Gasteiger partial charge in [0.2, 0.25) is 11.8 Å². The highest BCUT2D eigenvalue weighted by molar-refractivity contribution is 7.98. The first-order valence-corrected chi connectivity index (χ1v) is 12.6. The predicted molar refractivity (Wildman–Crippen MR) is 140 cm³/mol. The zero-order valence-corrected chi connectivity index (χ0v) is 21.4. The topological polar surface area (TPSA) is 104 Å². The molecule has 35 heavy (non-hydrogen) atoms. The minimum atomic E-state index is -0.802. The van der Waals surface area contributed by atoms with Crippen molar-refractivity contribution in [1.29, 1.82) is 0 Å². The number of nitrogens with one attached hydrogen (secondary N) is 2. The van der Waals surface area contributed by atoms with Crippen LogP contribution in [0.1, 0.15) is 43.5 Å². The van der Waals surface area contributed by atoms with Crippen LogP contribution in [0.15, 0.2) is 59.5 Å². The van der Waals surface area contributed by atoms with Crippen LogP contribution in [0, 0.1) is 5.92 Å². The van der Waals surface area contributed by atoms with Gasteiger partial charge < -0.3 is 20.8 Å². The number of carbonyl (C=O) groups is 2. The van der Waals surface area contributed by atoms with Gasteiger partial charge in [0.1, 0.15) is 6.04 Å². The van der Waals surface area contributed by atoms with Crippen LogP contribution in [0.2, 0.25) is 0 Å². The van der Waals surface area contributed by atoms with E-state index in [-0.39, 0.29) is 29.5 Å². The molecule has 1 atom stereocenters. The molecule has 2 amide bonds. The van der Waals surface area contributed by atoms with Gasteiger partial charge in [-0.05, 0) is 42.2 Å².